The molecule has 2 aromatic rings. The lowest BCUT2D eigenvalue weighted by Crippen LogP contribution is -2.29. The summed E-state index contributed by atoms with van der Waals surface area (Å²) in [6, 6.07) is 10.7. The molecule has 38 heavy (non-hydrogen) atoms. The molecule has 0 aromatic heterocycles. The Hall–Kier alpha value is -2.81. The number of hydrogen-bond donors (Lipinski definition) is 1. The Morgan fingerprint density at radius 1 is 1.21 bits per heavy atom. The van der Waals surface area contributed by atoms with Gasteiger partial charge in [0.05, 0.1) is 0 Å². The van der Waals surface area contributed by atoms with E-state index in [0.29, 0.717) is 20.2 Å². The molecule has 5 nitrogen and oxygen atoms in total. The summed E-state index contributed by atoms with van der Waals surface area (Å²) in [6.07, 6.45) is 5.69. The van der Waals surface area contributed by atoms with Gasteiger partial charge in [-0.2, -0.15) is 0 Å². The minimum Gasteiger partial charge on any atom is -0.480 e. The first-order chi connectivity index (χ1) is 18.3. The van der Waals surface area contributed by atoms with Crippen LogP contribution in [0.2, 0.25) is 0 Å². The van der Waals surface area contributed by atoms with Crippen LogP contribution < -0.4 is 15.3 Å². The molecule has 0 bridgehead atoms. The summed E-state index contributed by atoms with van der Waals surface area (Å²) in [4.78, 5) is 21.0. The van der Waals surface area contributed by atoms with E-state index >= 15 is 0 Å². The van der Waals surface area contributed by atoms with Crippen LogP contribution >= 0.6 is 17.8 Å². The highest BCUT2D eigenvalue weighted by molar-refractivity contribution is 7.46. The highest BCUT2D eigenvalue weighted by Crippen LogP contribution is 2.35. The first kappa shape index (κ1) is 35.2. The van der Waals surface area contributed by atoms with Gasteiger partial charge in [0.15, 0.2) is 0 Å². The molecule has 8 heteroatoms. The van der Waals surface area contributed by atoms with E-state index in [9.17, 15) is 9.18 Å². The Balaban J connectivity index is 0.00000213. The summed E-state index contributed by atoms with van der Waals surface area (Å²) < 4.78 is 19.6. The summed E-state index contributed by atoms with van der Waals surface area (Å²) >= 11 is 0. The molecule has 1 N–H and O–H groups in total. The molecule has 1 aliphatic rings. The number of carbonyl (C=O) groups is 2. The van der Waals surface area contributed by atoms with E-state index in [1.807, 2.05) is 51.4 Å². The van der Waals surface area contributed by atoms with Crippen molar-refractivity contribution in [2.24, 2.45) is 5.92 Å². The van der Waals surface area contributed by atoms with Crippen molar-refractivity contribution in [3.8, 4) is 11.5 Å². The Morgan fingerprint density at radius 2 is 1.84 bits per heavy atom. The van der Waals surface area contributed by atoms with Crippen molar-refractivity contribution in [1.29, 1.82) is 0 Å². The summed E-state index contributed by atoms with van der Waals surface area (Å²) in [6.45, 7) is 18.0. The number of likely N-dealkylation sites (N-methyl/N-ethyl adjacent to an activating group) is 1. The largest absolute Gasteiger partial charge is 0.480 e. The Bertz CT molecular complexity index is 1070. The highest BCUT2D eigenvalue weighted by Gasteiger charge is 2.24. The van der Waals surface area contributed by atoms with Crippen LogP contribution in [0.25, 0.3) is 0 Å². The van der Waals surface area contributed by atoms with Crippen LogP contribution in [0.5, 0.6) is 11.5 Å². The van der Waals surface area contributed by atoms with Crippen molar-refractivity contribution in [3.05, 3.63) is 84.9 Å². The standard InChI is InChI=1S/C25H30FNO3P2.C2H6.C2H4.CH2O/c1-4-19-17(6-5-7-20(19)27(2)15-25(28)29)12-16-8-10-21(23(31)13-16)30-22-11-9-18(26)14-24(22)32-3;3*1-2/h4,8-11,13-14,17,32H,1,5-7,12,15,31H2,2-3H3,(H,28,29);1-2H3;1-2H2;1H2/t17-;;;/m0.../s1. The molecule has 0 saturated heterocycles. The van der Waals surface area contributed by atoms with Crippen LogP contribution in [-0.4, -0.2) is 43.0 Å². The lowest BCUT2D eigenvalue weighted by atomic mass is 9.81. The maximum absolute atomic E-state index is 13.5. The molecular formula is C30H42FNO4P2. The number of nitrogens with zero attached hydrogens (tertiary/aromatic N) is 1. The van der Waals surface area contributed by atoms with Gasteiger partial charge in [-0.25, -0.2) is 4.39 Å². The molecule has 0 fully saturated rings. The van der Waals surface area contributed by atoms with Gasteiger partial charge in [0.25, 0.3) is 0 Å². The fraction of sp³-hybridized carbons (Fsp3) is 0.333. The van der Waals surface area contributed by atoms with E-state index in [4.69, 9.17) is 14.6 Å². The van der Waals surface area contributed by atoms with E-state index in [-0.39, 0.29) is 12.4 Å². The quantitative estimate of drug-likeness (QED) is 0.280. The lowest BCUT2D eigenvalue weighted by molar-refractivity contribution is -0.137. The average molecular weight is 562 g/mol. The summed E-state index contributed by atoms with van der Waals surface area (Å²) in [5.41, 5.74) is 3.41. The molecule has 0 spiro atoms. The number of ether oxygens (including phenoxy) is 1. The number of carboxylic acids is 1. The SMILES string of the molecule is C=C.C=CC1=C(N(C)CC(=O)O)CCC[C@H]1Cc1ccc(Oc2ccc(F)cc2PC)c(P)c1.C=O.CC. The van der Waals surface area contributed by atoms with Crippen molar-refractivity contribution in [2.75, 3.05) is 20.3 Å². The van der Waals surface area contributed by atoms with Crippen LogP contribution in [0.15, 0.2) is 73.5 Å². The zero-order chi connectivity index (χ0) is 29.3. The third-order valence-electron chi connectivity index (χ3n) is 5.78. The van der Waals surface area contributed by atoms with Gasteiger partial charge in [-0.15, -0.1) is 22.4 Å². The number of hydrogen-bond acceptors (Lipinski definition) is 4. The van der Waals surface area contributed by atoms with Crippen LogP contribution in [0, 0.1) is 11.7 Å². The predicted molar refractivity (Wildman–Crippen MR) is 164 cm³/mol. The first-order valence-corrected chi connectivity index (χ1v) is 14.5. The van der Waals surface area contributed by atoms with Crippen molar-refractivity contribution in [2.45, 2.75) is 39.5 Å². The number of allylic oxidation sites excluding steroid dienone is 3. The van der Waals surface area contributed by atoms with E-state index < -0.39 is 5.97 Å². The normalized spacial score (nSPS) is 14.2. The smallest absolute Gasteiger partial charge is 0.323 e. The van der Waals surface area contributed by atoms with Crippen molar-refractivity contribution in [3.63, 3.8) is 0 Å². The van der Waals surface area contributed by atoms with Gasteiger partial charge in [0, 0.05) is 23.4 Å². The molecule has 3 atom stereocenters. The fourth-order valence-electron chi connectivity index (χ4n) is 4.26. The summed E-state index contributed by atoms with van der Waals surface area (Å²) in [7, 11) is 5.01. The second-order valence-electron chi connectivity index (χ2n) is 8.01. The topological polar surface area (TPSA) is 66.8 Å². The molecule has 0 amide bonds. The molecule has 2 unspecified atom stereocenters. The molecule has 3 rings (SSSR count). The van der Waals surface area contributed by atoms with Gasteiger partial charge in [0.1, 0.15) is 30.7 Å². The van der Waals surface area contributed by atoms with Crippen LogP contribution in [0.3, 0.4) is 0 Å². The van der Waals surface area contributed by atoms with E-state index in [1.54, 1.807) is 6.07 Å². The maximum atomic E-state index is 13.5. The average Bonchev–Trinajstić information content (AvgIpc) is 2.93. The minimum absolute atomic E-state index is 0.00905. The van der Waals surface area contributed by atoms with E-state index in [2.05, 4.69) is 41.1 Å². The Morgan fingerprint density at radius 3 is 2.39 bits per heavy atom. The third kappa shape index (κ3) is 10.5. The number of benzene rings is 2. The lowest BCUT2D eigenvalue weighted by Gasteiger charge is -2.32. The van der Waals surface area contributed by atoms with Gasteiger partial charge >= 0.3 is 5.97 Å². The van der Waals surface area contributed by atoms with Gasteiger partial charge in [-0.3, -0.25) is 4.79 Å². The molecule has 1 aliphatic carbocycles. The molecule has 0 heterocycles. The second-order valence-corrected chi connectivity index (χ2v) is 9.67. The number of rotatable bonds is 9. The fourth-order valence-corrected chi connectivity index (χ4v) is 5.30. The van der Waals surface area contributed by atoms with Gasteiger partial charge < -0.3 is 19.5 Å². The van der Waals surface area contributed by atoms with E-state index in [0.717, 1.165) is 53.3 Å². The molecule has 0 aliphatic heterocycles. The monoisotopic (exact) mass is 561 g/mol. The van der Waals surface area contributed by atoms with Gasteiger partial charge in [0.2, 0.25) is 0 Å². The van der Waals surface area contributed by atoms with E-state index in [1.165, 1.54) is 17.7 Å². The minimum atomic E-state index is -0.832. The summed E-state index contributed by atoms with van der Waals surface area (Å²) in [5, 5.41) is 11.0. The van der Waals surface area contributed by atoms with Crippen LogP contribution in [-0.2, 0) is 16.0 Å². The Kier molecular flexibility index (Phi) is 17.9. The number of carboxylic acid groups (broad SMARTS) is 1. The van der Waals surface area contributed by atoms with Crippen LogP contribution in [0.4, 0.5) is 4.39 Å². The van der Waals surface area contributed by atoms with Gasteiger partial charge in [-0.1, -0.05) is 41.1 Å². The zero-order valence-corrected chi connectivity index (χ0v) is 25.2. The molecule has 0 radical (unpaired) electrons. The van der Waals surface area contributed by atoms with Crippen molar-refractivity contribution >= 4 is 41.2 Å². The second kappa shape index (κ2) is 19.3. The predicted octanol–water partition coefficient (Wildman–Crippen LogP) is 6.49. The molecule has 2 aromatic carbocycles. The highest BCUT2D eigenvalue weighted by atomic mass is 31.1. The molecular weight excluding hydrogens is 519 g/mol. The number of aliphatic carboxylic acids is 1. The zero-order valence-electron chi connectivity index (χ0n) is 23.1. The third-order valence-corrected chi connectivity index (χ3v) is 7.16. The Labute approximate surface area is 231 Å². The number of halogens is 1. The molecule has 0 saturated carbocycles. The maximum Gasteiger partial charge on any atom is 0.323 e. The van der Waals surface area contributed by atoms with Crippen molar-refractivity contribution in [1.82, 2.24) is 4.90 Å². The van der Waals surface area contributed by atoms with Crippen LogP contribution in [0.1, 0.15) is 38.7 Å². The number of carbonyl (C=O) groups excluding carboxylic acids is 1. The van der Waals surface area contributed by atoms with Crippen molar-refractivity contribution < 1.29 is 23.8 Å². The summed E-state index contributed by atoms with van der Waals surface area (Å²) in [5.74, 6) is 0.624. The van der Waals surface area contributed by atoms with Gasteiger partial charge in [-0.05, 0) is 79.7 Å². The first-order valence-electron chi connectivity index (χ1n) is 12.4. The molecule has 208 valence electrons.